The molecule has 2 aliphatic rings. The summed E-state index contributed by atoms with van der Waals surface area (Å²) in [6, 6.07) is 0. The Morgan fingerprint density at radius 2 is 0.800 bits per heavy atom. The van der Waals surface area contributed by atoms with Crippen molar-refractivity contribution in [2.75, 3.05) is 0 Å². The van der Waals surface area contributed by atoms with Gasteiger partial charge in [0.2, 0.25) is 0 Å². The van der Waals surface area contributed by atoms with Crippen molar-refractivity contribution in [1.29, 1.82) is 0 Å². The molecule has 0 spiro atoms. The molecule has 0 aromatic carbocycles. The zero-order chi connectivity index (χ0) is 15.6. The maximum Gasteiger partial charge on any atom is -0.0272 e. The van der Waals surface area contributed by atoms with Crippen LogP contribution >= 0.6 is 0 Å². The molecule has 0 heterocycles. The largest absolute Gasteiger partial charge is 0.0628 e. The highest BCUT2D eigenvalue weighted by molar-refractivity contribution is 4.96. The second-order valence-electron chi connectivity index (χ2n) is 9.23. The molecule has 0 bridgehead atoms. The van der Waals surface area contributed by atoms with Crippen molar-refractivity contribution in [3.63, 3.8) is 0 Å². The van der Waals surface area contributed by atoms with E-state index in [9.17, 15) is 0 Å². The van der Waals surface area contributed by atoms with Gasteiger partial charge in [-0.3, -0.25) is 0 Å². The van der Waals surface area contributed by atoms with Crippen LogP contribution in [-0.4, -0.2) is 0 Å². The Balaban J connectivity index is 0.000000200. The number of rotatable bonds is 6. The van der Waals surface area contributed by atoms with Crippen molar-refractivity contribution in [3.05, 3.63) is 0 Å². The summed E-state index contributed by atoms with van der Waals surface area (Å²) in [5, 5.41) is 0. The van der Waals surface area contributed by atoms with Gasteiger partial charge in [0.15, 0.2) is 0 Å². The highest BCUT2D eigenvalue weighted by Crippen LogP contribution is 2.56. The Morgan fingerprint density at radius 3 is 0.850 bits per heavy atom. The van der Waals surface area contributed by atoms with Gasteiger partial charge in [0.1, 0.15) is 0 Å². The predicted octanol–water partition coefficient (Wildman–Crippen LogP) is 6.94. The van der Waals surface area contributed by atoms with E-state index < -0.39 is 0 Å². The van der Waals surface area contributed by atoms with Crippen molar-refractivity contribution in [3.8, 4) is 0 Å². The van der Waals surface area contributed by atoms with Gasteiger partial charge >= 0.3 is 0 Å². The van der Waals surface area contributed by atoms with Crippen molar-refractivity contribution in [2.24, 2.45) is 34.5 Å². The van der Waals surface area contributed by atoms with Gasteiger partial charge in [-0.15, -0.1) is 0 Å². The van der Waals surface area contributed by atoms with Gasteiger partial charge in [0.25, 0.3) is 0 Å². The fourth-order valence-electron chi connectivity index (χ4n) is 3.98. The monoisotopic (exact) mass is 280 g/mol. The molecule has 2 rings (SSSR count). The summed E-state index contributed by atoms with van der Waals surface area (Å²) in [4.78, 5) is 0. The second-order valence-corrected chi connectivity index (χ2v) is 9.23. The minimum absolute atomic E-state index is 0.772. The molecule has 2 aliphatic carbocycles. The van der Waals surface area contributed by atoms with E-state index in [0.29, 0.717) is 0 Å². The van der Waals surface area contributed by atoms with E-state index in [1.165, 1.54) is 38.5 Å². The van der Waals surface area contributed by atoms with Crippen LogP contribution in [0.2, 0.25) is 0 Å². The summed E-state index contributed by atoms with van der Waals surface area (Å²) in [7, 11) is 0. The van der Waals surface area contributed by atoms with E-state index in [0.717, 1.165) is 34.5 Å². The molecule has 0 amide bonds. The first-order chi connectivity index (χ1) is 9.13. The fraction of sp³-hybridized carbons (Fsp3) is 1.00. The SMILES string of the molecule is CC(C)CC1(C(C)C)CC1.CC(C)CC1(C(C)C)CC1. The van der Waals surface area contributed by atoms with Crippen molar-refractivity contribution in [2.45, 2.75) is 93.9 Å². The van der Waals surface area contributed by atoms with Gasteiger partial charge in [-0.2, -0.15) is 0 Å². The van der Waals surface area contributed by atoms with E-state index in [1.54, 1.807) is 0 Å². The first kappa shape index (κ1) is 18.1. The van der Waals surface area contributed by atoms with Crippen LogP contribution in [-0.2, 0) is 0 Å². The molecule has 0 heteroatoms. The van der Waals surface area contributed by atoms with Crippen LogP contribution in [0.5, 0.6) is 0 Å². The Hall–Kier alpha value is 0. The van der Waals surface area contributed by atoms with Crippen molar-refractivity contribution in [1.82, 2.24) is 0 Å². The molecule has 0 saturated heterocycles. The third-order valence-corrected chi connectivity index (χ3v) is 5.86. The lowest BCUT2D eigenvalue weighted by molar-refractivity contribution is 0.292. The third-order valence-electron chi connectivity index (χ3n) is 5.86. The lowest BCUT2D eigenvalue weighted by atomic mass is 9.84. The van der Waals surface area contributed by atoms with E-state index in [1.807, 2.05) is 0 Å². The van der Waals surface area contributed by atoms with Crippen molar-refractivity contribution < 1.29 is 0 Å². The third kappa shape index (κ3) is 5.08. The average molecular weight is 281 g/mol. The van der Waals surface area contributed by atoms with Gasteiger partial charge in [0.05, 0.1) is 0 Å². The molecule has 120 valence electrons. The van der Waals surface area contributed by atoms with Crippen LogP contribution < -0.4 is 0 Å². The normalized spacial score (nSPS) is 22.2. The molecule has 0 nitrogen and oxygen atoms in total. The standard InChI is InChI=1S/2C10H20/c2*1-8(2)7-10(5-6-10)9(3)4/h2*8-9H,5-7H2,1-4H3. The fourth-order valence-corrected chi connectivity index (χ4v) is 3.98. The Morgan fingerprint density at radius 1 is 0.550 bits per heavy atom. The van der Waals surface area contributed by atoms with E-state index >= 15 is 0 Å². The summed E-state index contributed by atoms with van der Waals surface area (Å²) in [6.45, 7) is 18.8. The molecular formula is C20H40. The summed E-state index contributed by atoms with van der Waals surface area (Å²) >= 11 is 0. The van der Waals surface area contributed by atoms with E-state index in [4.69, 9.17) is 0 Å². The Labute approximate surface area is 129 Å². The first-order valence-corrected chi connectivity index (χ1v) is 9.13. The lowest BCUT2D eigenvalue weighted by Gasteiger charge is -2.21. The molecule has 2 saturated carbocycles. The van der Waals surface area contributed by atoms with Crippen LogP contribution in [0.3, 0.4) is 0 Å². The highest BCUT2D eigenvalue weighted by Gasteiger charge is 2.45. The van der Waals surface area contributed by atoms with Gasteiger partial charge in [0, 0.05) is 0 Å². The predicted molar refractivity (Wildman–Crippen MR) is 91.9 cm³/mol. The maximum atomic E-state index is 2.37. The highest BCUT2D eigenvalue weighted by atomic mass is 14.5. The Kier molecular flexibility index (Phi) is 6.17. The van der Waals surface area contributed by atoms with Crippen LogP contribution in [0.1, 0.15) is 93.9 Å². The zero-order valence-corrected chi connectivity index (χ0v) is 15.6. The summed E-state index contributed by atoms with van der Waals surface area (Å²) in [5.41, 5.74) is 1.54. The van der Waals surface area contributed by atoms with E-state index in [2.05, 4.69) is 55.4 Å². The molecule has 2 fully saturated rings. The van der Waals surface area contributed by atoms with Crippen LogP contribution in [0.15, 0.2) is 0 Å². The molecule has 0 radical (unpaired) electrons. The molecule has 0 atom stereocenters. The van der Waals surface area contributed by atoms with Crippen LogP contribution in [0.25, 0.3) is 0 Å². The summed E-state index contributed by atoms with van der Waals surface area (Å²) in [5.74, 6) is 3.61. The average Bonchev–Trinajstić information content (AvgIpc) is 3.14. The smallest absolute Gasteiger partial charge is 0.0272 e. The molecule has 20 heavy (non-hydrogen) atoms. The lowest BCUT2D eigenvalue weighted by Crippen LogP contribution is -2.11. The molecule has 0 aromatic heterocycles. The van der Waals surface area contributed by atoms with Crippen LogP contribution in [0.4, 0.5) is 0 Å². The quantitative estimate of drug-likeness (QED) is 0.494. The van der Waals surface area contributed by atoms with E-state index in [-0.39, 0.29) is 0 Å². The molecule has 0 aromatic rings. The molecule has 0 aliphatic heterocycles. The number of hydrogen-bond acceptors (Lipinski definition) is 0. The summed E-state index contributed by atoms with van der Waals surface area (Å²) in [6.07, 6.45) is 8.85. The first-order valence-electron chi connectivity index (χ1n) is 9.13. The van der Waals surface area contributed by atoms with Crippen LogP contribution in [0, 0.1) is 34.5 Å². The Bertz CT molecular complexity index is 244. The second kappa shape index (κ2) is 6.84. The van der Waals surface area contributed by atoms with Gasteiger partial charge in [-0.05, 0) is 73.0 Å². The maximum absolute atomic E-state index is 2.37. The summed E-state index contributed by atoms with van der Waals surface area (Å²) < 4.78 is 0. The van der Waals surface area contributed by atoms with Gasteiger partial charge in [-0.25, -0.2) is 0 Å². The van der Waals surface area contributed by atoms with Crippen molar-refractivity contribution >= 4 is 0 Å². The minimum Gasteiger partial charge on any atom is -0.0628 e. The molecule has 0 N–H and O–H groups in total. The topological polar surface area (TPSA) is 0 Å². The molecule has 0 unspecified atom stereocenters. The van der Waals surface area contributed by atoms with Gasteiger partial charge < -0.3 is 0 Å². The number of hydrogen-bond donors (Lipinski definition) is 0. The molecular weight excluding hydrogens is 240 g/mol. The van der Waals surface area contributed by atoms with Gasteiger partial charge in [-0.1, -0.05) is 55.4 Å². The minimum atomic E-state index is 0.772. The zero-order valence-electron chi connectivity index (χ0n) is 15.6.